The summed E-state index contributed by atoms with van der Waals surface area (Å²) >= 11 is 1.70. The maximum Gasteiger partial charge on any atom is 0.247 e. The van der Waals surface area contributed by atoms with E-state index in [4.69, 9.17) is 0 Å². The lowest BCUT2D eigenvalue weighted by Crippen LogP contribution is -2.43. The Morgan fingerprint density at radius 3 is 2.21 bits per heavy atom. The number of carbonyl (C=O) groups is 2. The fourth-order valence-electron chi connectivity index (χ4n) is 3.63. The third-order valence-electron chi connectivity index (χ3n) is 5.80. The first-order valence-electron chi connectivity index (χ1n) is 11.8. The Hall–Kier alpha value is -3.18. The molecule has 1 heterocycles. The van der Waals surface area contributed by atoms with Crippen LogP contribution in [0.15, 0.2) is 78.9 Å². The molecule has 3 rings (SSSR count). The standard InChI is InChI=1S/C29H34N2O2S/c1-4-23(2)19-30(28(32)18-16-25-11-7-5-8-12-25)22-29(33)31(20-26-13-9-6-10-14-26)21-27-17-15-24(3)34-27/h5-18,23H,4,19-22H2,1-3H3/b18-16+/t23-/m1/s1. The van der Waals surface area contributed by atoms with Crippen LogP contribution in [0, 0.1) is 12.8 Å². The van der Waals surface area contributed by atoms with Crippen molar-refractivity contribution < 1.29 is 9.59 Å². The molecule has 0 aliphatic heterocycles. The number of benzene rings is 2. The lowest BCUT2D eigenvalue weighted by atomic mass is 10.1. The van der Waals surface area contributed by atoms with Crippen molar-refractivity contribution in [3.8, 4) is 0 Å². The molecular weight excluding hydrogens is 440 g/mol. The maximum absolute atomic E-state index is 13.5. The van der Waals surface area contributed by atoms with E-state index in [1.807, 2.05) is 71.6 Å². The molecule has 0 aliphatic rings. The summed E-state index contributed by atoms with van der Waals surface area (Å²) < 4.78 is 0. The van der Waals surface area contributed by atoms with Gasteiger partial charge in [-0.15, -0.1) is 11.3 Å². The average molecular weight is 475 g/mol. The molecule has 1 aromatic heterocycles. The zero-order valence-electron chi connectivity index (χ0n) is 20.3. The van der Waals surface area contributed by atoms with Crippen LogP contribution in [0.25, 0.3) is 6.08 Å². The number of nitrogens with zero attached hydrogens (tertiary/aromatic N) is 2. The van der Waals surface area contributed by atoms with Crippen molar-refractivity contribution in [2.45, 2.75) is 40.3 Å². The average Bonchev–Trinajstić information content (AvgIpc) is 3.27. The largest absolute Gasteiger partial charge is 0.332 e. The summed E-state index contributed by atoms with van der Waals surface area (Å²) in [5.41, 5.74) is 2.04. The lowest BCUT2D eigenvalue weighted by molar-refractivity contribution is -0.139. The molecule has 178 valence electrons. The van der Waals surface area contributed by atoms with Gasteiger partial charge in [-0.2, -0.15) is 0 Å². The zero-order chi connectivity index (χ0) is 24.3. The minimum absolute atomic E-state index is 0.0420. The van der Waals surface area contributed by atoms with Crippen molar-refractivity contribution in [1.82, 2.24) is 9.80 Å². The van der Waals surface area contributed by atoms with E-state index >= 15 is 0 Å². The molecule has 34 heavy (non-hydrogen) atoms. The van der Waals surface area contributed by atoms with Crippen LogP contribution in [-0.2, 0) is 22.7 Å². The highest BCUT2D eigenvalue weighted by Crippen LogP contribution is 2.19. The molecule has 0 saturated carbocycles. The maximum atomic E-state index is 13.5. The molecule has 0 bridgehead atoms. The number of amides is 2. The molecule has 5 heteroatoms. The summed E-state index contributed by atoms with van der Waals surface area (Å²) in [6.45, 7) is 7.97. The van der Waals surface area contributed by atoms with E-state index in [1.165, 1.54) is 4.88 Å². The Morgan fingerprint density at radius 1 is 0.912 bits per heavy atom. The molecule has 0 saturated heterocycles. The predicted octanol–water partition coefficient (Wildman–Crippen LogP) is 6.17. The van der Waals surface area contributed by atoms with Gasteiger partial charge in [0.25, 0.3) is 0 Å². The summed E-state index contributed by atoms with van der Waals surface area (Å²) in [6, 6.07) is 23.9. The van der Waals surface area contributed by atoms with Gasteiger partial charge in [-0.05, 0) is 42.2 Å². The van der Waals surface area contributed by atoms with Gasteiger partial charge in [0, 0.05) is 28.9 Å². The fourth-order valence-corrected chi connectivity index (χ4v) is 4.54. The number of hydrogen-bond donors (Lipinski definition) is 0. The van der Waals surface area contributed by atoms with Crippen LogP contribution in [0.3, 0.4) is 0 Å². The molecule has 0 spiro atoms. The quantitative estimate of drug-likeness (QED) is 0.312. The second-order valence-electron chi connectivity index (χ2n) is 8.72. The number of thiophene rings is 1. The third kappa shape index (κ3) is 7.99. The van der Waals surface area contributed by atoms with Gasteiger partial charge in [0.2, 0.25) is 11.8 Å². The Labute approximate surface area is 207 Å². The van der Waals surface area contributed by atoms with Crippen molar-refractivity contribution in [1.29, 1.82) is 0 Å². The van der Waals surface area contributed by atoms with Crippen LogP contribution in [-0.4, -0.2) is 34.7 Å². The number of carbonyl (C=O) groups excluding carboxylic acids is 2. The number of hydrogen-bond acceptors (Lipinski definition) is 3. The van der Waals surface area contributed by atoms with E-state index < -0.39 is 0 Å². The zero-order valence-corrected chi connectivity index (χ0v) is 21.1. The van der Waals surface area contributed by atoms with Crippen molar-refractivity contribution in [3.63, 3.8) is 0 Å². The minimum atomic E-state index is -0.135. The van der Waals surface area contributed by atoms with Gasteiger partial charge in [-0.1, -0.05) is 80.9 Å². The highest BCUT2D eigenvalue weighted by atomic mass is 32.1. The van der Waals surface area contributed by atoms with E-state index in [0.717, 1.165) is 22.4 Å². The van der Waals surface area contributed by atoms with Gasteiger partial charge >= 0.3 is 0 Å². The van der Waals surface area contributed by atoms with Crippen LogP contribution in [0.1, 0.15) is 41.1 Å². The second kappa shape index (κ2) is 12.9. The summed E-state index contributed by atoms with van der Waals surface area (Å²) in [4.78, 5) is 32.6. The lowest BCUT2D eigenvalue weighted by Gasteiger charge is -2.28. The van der Waals surface area contributed by atoms with Gasteiger partial charge in [-0.3, -0.25) is 9.59 Å². The van der Waals surface area contributed by atoms with Crippen molar-refractivity contribution in [2.24, 2.45) is 5.92 Å². The molecule has 1 atom stereocenters. The predicted molar refractivity (Wildman–Crippen MR) is 141 cm³/mol. The summed E-state index contributed by atoms with van der Waals surface area (Å²) in [5.74, 6) is 0.133. The molecule has 3 aromatic rings. The number of aryl methyl sites for hydroxylation is 1. The van der Waals surface area contributed by atoms with Crippen molar-refractivity contribution in [3.05, 3.63) is 99.8 Å². The molecule has 2 aromatic carbocycles. The normalized spacial score (nSPS) is 12.0. The first kappa shape index (κ1) is 25.4. The van der Waals surface area contributed by atoms with Crippen LogP contribution >= 0.6 is 11.3 Å². The molecule has 0 N–H and O–H groups in total. The van der Waals surface area contributed by atoms with Gasteiger partial charge in [0.1, 0.15) is 6.54 Å². The van der Waals surface area contributed by atoms with Crippen molar-refractivity contribution in [2.75, 3.05) is 13.1 Å². The van der Waals surface area contributed by atoms with Crippen LogP contribution in [0.4, 0.5) is 0 Å². The second-order valence-corrected chi connectivity index (χ2v) is 10.1. The number of rotatable bonds is 11. The molecule has 0 radical (unpaired) electrons. The Kier molecular flexibility index (Phi) is 9.65. The van der Waals surface area contributed by atoms with E-state index in [9.17, 15) is 9.59 Å². The SMILES string of the molecule is CC[C@@H](C)CN(CC(=O)N(Cc1ccccc1)Cc1ccc(C)s1)C(=O)/C=C/c1ccccc1. The molecule has 0 aliphatic carbocycles. The summed E-state index contributed by atoms with van der Waals surface area (Å²) in [7, 11) is 0. The summed E-state index contributed by atoms with van der Waals surface area (Å²) in [5, 5.41) is 0. The van der Waals surface area contributed by atoms with E-state index in [-0.39, 0.29) is 18.4 Å². The fraction of sp³-hybridized carbons (Fsp3) is 0.310. The third-order valence-corrected chi connectivity index (χ3v) is 6.78. The Balaban J connectivity index is 1.77. The topological polar surface area (TPSA) is 40.6 Å². The van der Waals surface area contributed by atoms with Crippen molar-refractivity contribution >= 4 is 29.2 Å². The molecular formula is C29H34N2O2S. The van der Waals surface area contributed by atoms with Gasteiger partial charge in [0.15, 0.2) is 0 Å². The minimum Gasteiger partial charge on any atom is -0.332 e. The van der Waals surface area contributed by atoms with E-state index in [1.54, 1.807) is 22.3 Å². The van der Waals surface area contributed by atoms with Crippen LogP contribution < -0.4 is 0 Å². The first-order chi connectivity index (χ1) is 16.4. The highest BCUT2D eigenvalue weighted by molar-refractivity contribution is 7.11. The van der Waals surface area contributed by atoms with Crippen LogP contribution in [0.5, 0.6) is 0 Å². The van der Waals surface area contributed by atoms with E-state index in [0.29, 0.717) is 25.6 Å². The monoisotopic (exact) mass is 474 g/mol. The Morgan fingerprint density at radius 2 is 1.59 bits per heavy atom. The van der Waals surface area contributed by atoms with Gasteiger partial charge in [-0.25, -0.2) is 0 Å². The Bertz CT molecular complexity index is 1080. The molecule has 0 unspecified atom stereocenters. The highest BCUT2D eigenvalue weighted by Gasteiger charge is 2.22. The molecule has 0 fully saturated rings. The first-order valence-corrected chi connectivity index (χ1v) is 12.6. The smallest absolute Gasteiger partial charge is 0.247 e. The summed E-state index contributed by atoms with van der Waals surface area (Å²) in [6.07, 6.45) is 4.34. The van der Waals surface area contributed by atoms with E-state index in [2.05, 4.69) is 32.9 Å². The van der Waals surface area contributed by atoms with Gasteiger partial charge in [0.05, 0.1) is 6.54 Å². The van der Waals surface area contributed by atoms with Gasteiger partial charge < -0.3 is 9.80 Å². The molecule has 4 nitrogen and oxygen atoms in total. The molecule has 2 amide bonds. The van der Waals surface area contributed by atoms with Crippen LogP contribution in [0.2, 0.25) is 0 Å².